The van der Waals surface area contributed by atoms with Crippen molar-refractivity contribution in [3.05, 3.63) is 22.5 Å². The smallest absolute Gasteiger partial charge is 0.237 e. The molecule has 4 nitrogen and oxygen atoms in total. The number of halogens is 3. The number of phenols is 2. The fraction of sp³-hybridized carbons (Fsp3) is 0.143. The van der Waals surface area contributed by atoms with Crippen LogP contribution in [0.3, 0.4) is 0 Å². The van der Waals surface area contributed by atoms with Gasteiger partial charge in [0.2, 0.25) is 9.05 Å². The molecule has 2 N–H and O–H groups in total. The molecule has 0 aromatic heterocycles. The minimum atomic E-state index is -4.05. The summed E-state index contributed by atoms with van der Waals surface area (Å²) in [5.74, 6) is -3.69. The van der Waals surface area contributed by atoms with Crippen LogP contribution in [0.1, 0.15) is 5.56 Å². The van der Waals surface area contributed by atoms with Gasteiger partial charge in [-0.2, -0.15) is 0 Å². The van der Waals surface area contributed by atoms with E-state index in [2.05, 4.69) is 0 Å². The first kappa shape index (κ1) is 12.4. The highest BCUT2D eigenvalue weighted by Crippen LogP contribution is 2.36. The van der Waals surface area contributed by atoms with Crippen LogP contribution in [0.15, 0.2) is 6.07 Å². The normalized spacial score (nSPS) is 11.7. The van der Waals surface area contributed by atoms with Gasteiger partial charge in [-0.25, -0.2) is 12.8 Å². The molecular weight excluding hydrogens is 270 g/mol. The van der Waals surface area contributed by atoms with Crippen molar-refractivity contribution in [1.29, 1.82) is 0 Å². The molecule has 15 heavy (non-hydrogen) atoms. The molecule has 0 radical (unpaired) electrons. The Kier molecular flexibility index (Phi) is 3.32. The first-order valence-corrected chi connectivity index (χ1v) is 6.39. The van der Waals surface area contributed by atoms with Crippen LogP contribution >= 0.6 is 22.3 Å². The number of aromatic hydroxyl groups is 2. The molecule has 1 rings (SSSR count). The van der Waals surface area contributed by atoms with Gasteiger partial charge in [-0.3, -0.25) is 0 Å². The van der Waals surface area contributed by atoms with Crippen molar-refractivity contribution in [1.82, 2.24) is 0 Å². The van der Waals surface area contributed by atoms with Gasteiger partial charge in [0, 0.05) is 16.7 Å². The average molecular weight is 275 g/mol. The molecule has 0 saturated carbocycles. The third-order valence-corrected chi connectivity index (χ3v) is 2.82. The van der Waals surface area contributed by atoms with Gasteiger partial charge in [0.15, 0.2) is 11.5 Å². The van der Waals surface area contributed by atoms with Crippen molar-refractivity contribution in [3.63, 3.8) is 0 Å². The Morgan fingerprint density at radius 2 is 1.93 bits per heavy atom. The molecule has 1 aromatic rings. The minimum absolute atomic E-state index is 0.499. The van der Waals surface area contributed by atoms with Crippen molar-refractivity contribution >= 4 is 31.3 Å². The number of hydrogen-bond donors (Lipinski definition) is 2. The summed E-state index contributed by atoms with van der Waals surface area (Å²) in [5, 5.41) is 17.8. The quantitative estimate of drug-likeness (QED) is 0.639. The molecule has 0 saturated heterocycles. The van der Waals surface area contributed by atoms with Crippen LogP contribution in [-0.2, 0) is 14.8 Å². The number of phenolic OH excluding ortho intramolecular Hbond substituents is 2. The van der Waals surface area contributed by atoms with E-state index in [0.29, 0.717) is 0 Å². The average Bonchev–Trinajstić information content (AvgIpc) is 2.08. The SMILES string of the molecule is O=S(=O)(Cl)Cc1c(O)c(O)cc(Cl)c1F. The molecule has 0 aliphatic heterocycles. The summed E-state index contributed by atoms with van der Waals surface area (Å²) in [7, 11) is 0.833. The first-order chi connectivity index (χ1) is 6.72. The highest BCUT2D eigenvalue weighted by molar-refractivity contribution is 8.13. The van der Waals surface area contributed by atoms with Gasteiger partial charge in [0.05, 0.1) is 16.3 Å². The molecule has 0 spiro atoms. The summed E-state index contributed by atoms with van der Waals surface area (Å²) >= 11 is 5.34. The summed E-state index contributed by atoms with van der Waals surface area (Å²) in [6.07, 6.45) is 0. The number of benzene rings is 1. The molecule has 84 valence electrons. The van der Waals surface area contributed by atoms with Crippen LogP contribution in [0, 0.1) is 5.82 Å². The lowest BCUT2D eigenvalue weighted by Crippen LogP contribution is -1.99. The standard InChI is InChI=1S/C7H5Cl2FO4S/c8-4-1-5(11)7(12)3(6(4)10)2-15(9,13)14/h1,11-12H,2H2. The maximum absolute atomic E-state index is 13.2. The Hall–Kier alpha value is -0.720. The molecule has 0 aliphatic carbocycles. The zero-order valence-corrected chi connectivity index (χ0v) is 9.37. The van der Waals surface area contributed by atoms with Crippen molar-refractivity contribution in [2.75, 3.05) is 0 Å². The molecule has 0 fully saturated rings. The maximum atomic E-state index is 13.2. The molecule has 0 unspecified atom stereocenters. The highest BCUT2D eigenvalue weighted by atomic mass is 35.7. The minimum Gasteiger partial charge on any atom is -0.504 e. The second-order valence-electron chi connectivity index (χ2n) is 2.70. The largest absolute Gasteiger partial charge is 0.504 e. The van der Waals surface area contributed by atoms with Crippen molar-refractivity contribution < 1.29 is 23.0 Å². The summed E-state index contributed by atoms with van der Waals surface area (Å²) in [6.45, 7) is 0. The van der Waals surface area contributed by atoms with Crippen molar-refractivity contribution in [2.45, 2.75) is 5.75 Å². The van der Waals surface area contributed by atoms with Crippen LogP contribution in [0.2, 0.25) is 5.02 Å². The van der Waals surface area contributed by atoms with E-state index in [9.17, 15) is 17.9 Å². The zero-order valence-electron chi connectivity index (χ0n) is 7.04. The Morgan fingerprint density at radius 3 is 2.40 bits per heavy atom. The monoisotopic (exact) mass is 274 g/mol. The topological polar surface area (TPSA) is 74.6 Å². The lowest BCUT2D eigenvalue weighted by Gasteiger charge is -2.07. The molecule has 8 heteroatoms. The first-order valence-electron chi connectivity index (χ1n) is 3.53. The molecule has 1 aromatic carbocycles. The van der Waals surface area contributed by atoms with Gasteiger partial charge in [-0.1, -0.05) is 11.6 Å². The summed E-state index contributed by atoms with van der Waals surface area (Å²) in [5.41, 5.74) is -0.657. The lowest BCUT2D eigenvalue weighted by atomic mass is 10.2. The van der Waals surface area contributed by atoms with E-state index in [1.807, 2.05) is 0 Å². The van der Waals surface area contributed by atoms with Gasteiger partial charge >= 0.3 is 0 Å². The Morgan fingerprint density at radius 1 is 1.40 bits per heavy atom. The summed E-state index contributed by atoms with van der Waals surface area (Å²) in [4.78, 5) is 0. The fourth-order valence-corrected chi connectivity index (χ4v) is 2.11. The molecule has 0 bridgehead atoms. The maximum Gasteiger partial charge on any atom is 0.237 e. The molecular formula is C7H5Cl2FO4S. The van der Waals surface area contributed by atoms with E-state index < -0.39 is 42.7 Å². The molecule has 0 amide bonds. The number of rotatable bonds is 2. The van der Waals surface area contributed by atoms with Crippen molar-refractivity contribution in [2.24, 2.45) is 0 Å². The third-order valence-electron chi connectivity index (χ3n) is 1.58. The molecule has 0 atom stereocenters. The lowest BCUT2D eigenvalue weighted by molar-refractivity contribution is 0.395. The predicted molar refractivity (Wildman–Crippen MR) is 53.2 cm³/mol. The zero-order chi connectivity index (χ0) is 11.8. The Labute approximate surface area is 94.3 Å². The van der Waals surface area contributed by atoms with E-state index in [0.717, 1.165) is 6.07 Å². The Balaban J connectivity index is 3.40. The van der Waals surface area contributed by atoms with E-state index in [4.69, 9.17) is 27.4 Å². The van der Waals surface area contributed by atoms with E-state index >= 15 is 0 Å². The summed E-state index contributed by atoms with van der Waals surface area (Å²) < 4.78 is 34.6. The highest BCUT2D eigenvalue weighted by Gasteiger charge is 2.21. The predicted octanol–water partition coefficient (Wildman–Crippen LogP) is 1.96. The Bertz CT molecular complexity index is 474. The van der Waals surface area contributed by atoms with E-state index in [-0.39, 0.29) is 0 Å². The fourth-order valence-electron chi connectivity index (χ4n) is 0.959. The molecule has 0 aliphatic rings. The third kappa shape index (κ3) is 2.87. The number of hydrogen-bond acceptors (Lipinski definition) is 4. The molecule has 0 heterocycles. The van der Waals surface area contributed by atoms with Gasteiger partial charge < -0.3 is 10.2 Å². The summed E-state index contributed by atoms with van der Waals surface area (Å²) in [6, 6.07) is 0.760. The van der Waals surface area contributed by atoms with Gasteiger partial charge in [-0.05, 0) is 0 Å². The van der Waals surface area contributed by atoms with Crippen LogP contribution in [0.4, 0.5) is 4.39 Å². The van der Waals surface area contributed by atoms with Crippen LogP contribution in [-0.4, -0.2) is 18.6 Å². The van der Waals surface area contributed by atoms with Crippen LogP contribution < -0.4 is 0 Å². The van der Waals surface area contributed by atoms with Gasteiger partial charge in [-0.15, -0.1) is 0 Å². The van der Waals surface area contributed by atoms with E-state index in [1.165, 1.54) is 0 Å². The second kappa shape index (κ2) is 4.03. The van der Waals surface area contributed by atoms with Crippen molar-refractivity contribution in [3.8, 4) is 11.5 Å². The van der Waals surface area contributed by atoms with Crippen LogP contribution in [0.5, 0.6) is 11.5 Å². The van der Waals surface area contributed by atoms with Gasteiger partial charge in [0.25, 0.3) is 0 Å². The van der Waals surface area contributed by atoms with Gasteiger partial charge in [0.1, 0.15) is 5.82 Å². The van der Waals surface area contributed by atoms with Crippen LogP contribution in [0.25, 0.3) is 0 Å². The van der Waals surface area contributed by atoms with E-state index in [1.54, 1.807) is 0 Å². The second-order valence-corrected chi connectivity index (χ2v) is 5.89.